The molecule has 1 saturated heterocycles. The first-order valence-corrected chi connectivity index (χ1v) is 14.4. The normalized spacial score (nSPS) is 15.9. The SMILES string of the molecule is [C-]#[N+]c1ccc(-c2ccc3c(c2)CC(NCc2ccc(OC)cc2OC)C3=O)c(Oc2cc(N3CCOCC3)nc(C)n2)c1. The molecule has 10 nitrogen and oxygen atoms in total. The van der Waals surface area contributed by atoms with Crippen molar-refractivity contribution < 1.29 is 23.7 Å². The molecule has 0 spiro atoms. The molecule has 224 valence electrons. The Kier molecular flexibility index (Phi) is 8.41. The van der Waals surface area contributed by atoms with E-state index in [2.05, 4.69) is 25.0 Å². The molecule has 3 aromatic carbocycles. The van der Waals surface area contributed by atoms with Crippen LogP contribution in [-0.2, 0) is 17.7 Å². The molecule has 10 heteroatoms. The Hall–Kier alpha value is -4.98. The number of benzene rings is 3. The summed E-state index contributed by atoms with van der Waals surface area (Å²) < 4.78 is 22.7. The van der Waals surface area contributed by atoms with E-state index in [1.54, 1.807) is 26.4 Å². The standard InChI is InChI=1S/C34H33N5O5/c1-21-37-32(39-11-13-43-14-12-39)19-33(38-21)44-31-17-25(35-2)7-10-27(31)22-6-9-28-24(15-22)16-29(34(28)40)36-20-23-5-8-26(41-3)18-30(23)42-4/h5-10,15,17-19,29,36H,11-14,16,20H2,1,3-4H3. The molecule has 4 aromatic rings. The maximum atomic E-state index is 13.3. The highest BCUT2D eigenvalue weighted by Crippen LogP contribution is 2.38. The quantitative estimate of drug-likeness (QED) is 0.251. The van der Waals surface area contributed by atoms with Crippen molar-refractivity contribution in [2.45, 2.75) is 25.9 Å². The van der Waals surface area contributed by atoms with Crippen LogP contribution in [0.5, 0.6) is 23.1 Å². The highest BCUT2D eigenvalue weighted by atomic mass is 16.5. The number of anilines is 1. The number of hydrogen-bond acceptors (Lipinski definition) is 9. The molecule has 1 N–H and O–H groups in total. The van der Waals surface area contributed by atoms with E-state index >= 15 is 0 Å². The molecule has 0 bridgehead atoms. The Morgan fingerprint density at radius 2 is 1.80 bits per heavy atom. The van der Waals surface area contributed by atoms with E-state index in [-0.39, 0.29) is 11.8 Å². The van der Waals surface area contributed by atoms with Gasteiger partial charge in [0.05, 0.1) is 40.0 Å². The number of nitrogens with zero attached hydrogens (tertiary/aromatic N) is 4. The van der Waals surface area contributed by atoms with Gasteiger partial charge < -0.3 is 29.2 Å². The molecule has 2 aliphatic rings. The van der Waals surface area contributed by atoms with Crippen LogP contribution >= 0.6 is 0 Å². The van der Waals surface area contributed by atoms with Crippen molar-refractivity contribution in [1.29, 1.82) is 0 Å². The van der Waals surface area contributed by atoms with Gasteiger partial charge in [-0.25, -0.2) is 9.83 Å². The Morgan fingerprint density at radius 3 is 2.57 bits per heavy atom. The smallest absolute Gasteiger partial charge is 0.224 e. The summed E-state index contributed by atoms with van der Waals surface area (Å²) in [6.07, 6.45) is 0.560. The van der Waals surface area contributed by atoms with Gasteiger partial charge in [0.25, 0.3) is 0 Å². The van der Waals surface area contributed by atoms with Crippen LogP contribution in [0, 0.1) is 13.5 Å². The van der Waals surface area contributed by atoms with Crippen LogP contribution in [0.2, 0.25) is 0 Å². The largest absolute Gasteiger partial charge is 0.497 e. The van der Waals surface area contributed by atoms with E-state index in [0.29, 0.717) is 66.4 Å². The molecule has 2 heterocycles. The van der Waals surface area contributed by atoms with Gasteiger partial charge in [-0.2, -0.15) is 4.98 Å². The first-order valence-electron chi connectivity index (χ1n) is 14.4. The van der Waals surface area contributed by atoms with Gasteiger partial charge in [0.1, 0.15) is 28.9 Å². The van der Waals surface area contributed by atoms with E-state index in [0.717, 1.165) is 41.2 Å². The van der Waals surface area contributed by atoms with Gasteiger partial charge in [-0.05, 0) is 36.6 Å². The molecule has 0 saturated carbocycles. The summed E-state index contributed by atoms with van der Waals surface area (Å²) in [5, 5.41) is 3.41. The lowest BCUT2D eigenvalue weighted by molar-refractivity contribution is 0.0957. The zero-order valence-corrected chi connectivity index (χ0v) is 24.9. The van der Waals surface area contributed by atoms with Crippen LogP contribution in [0.25, 0.3) is 16.0 Å². The zero-order chi connectivity index (χ0) is 30.6. The van der Waals surface area contributed by atoms with Crippen LogP contribution in [0.1, 0.15) is 27.3 Å². The number of aryl methyl sites for hydroxylation is 1. The van der Waals surface area contributed by atoms with E-state index in [4.69, 9.17) is 25.5 Å². The molecule has 1 fully saturated rings. The lowest BCUT2D eigenvalue weighted by Crippen LogP contribution is -2.36. The third-order valence-electron chi connectivity index (χ3n) is 7.90. The van der Waals surface area contributed by atoms with E-state index in [9.17, 15) is 4.79 Å². The fraction of sp³-hybridized carbons (Fsp3) is 0.294. The van der Waals surface area contributed by atoms with Gasteiger partial charge in [0.2, 0.25) is 5.88 Å². The van der Waals surface area contributed by atoms with Crippen molar-refractivity contribution in [1.82, 2.24) is 15.3 Å². The van der Waals surface area contributed by atoms with Gasteiger partial charge in [0.15, 0.2) is 11.5 Å². The Balaban J connectivity index is 1.24. The summed E-state index contributed by atoms with van der Waals surface area (Å²) in [5.41, 5.74) is 4.75. The fourth-order valence-electron chi connectivity index (χ4n) is 5.61. The van der Waals surface area contributed by atoms with Gasteiger partial charge in [-0.3, -0.25) is 4.79 Å². The second-order valence-corrected chi connectivity index (χ2v) is 10.7. The monoisotopic (exact) mass is 591 g/mol. The van der Waals surface area contributed by atoms with Crippen molar-refractivity contribution in [2.24, 2.45) is 0 Å². The number of hydrogen-bond donors (Lipinski definition) is 1. The van der Waals surface area contributed by atoms with E-state index in [1.165, 1.54) is 0 Å². The van der Waals surface area contributed by atoms with Crippen molar-refractivity contribution in [3.05, 3.63) is 94.6 Å². The second-order valence-electron chi connectivity index (χ2n) is 10.7. The first-order chi connectivity index (χ1) is 21.4. The Morgan fingerprint density at radius 1 is 0.977 bits per heavy atom. The maximum Gasteiger partial charge on any atom is 0.224 e. The molecule has 1 aromatic heterocycles. The summed E-state index contributed by atoms with van der Waals surface area (Å²) >= 11 is 0. The number of methoxy groups -OCH3 is 2. The molecule has 0 radical (unpaired) electrons. The average molecular weight is 592 g/mol. The predicted molar refractivity (Wildman–Crippen MR) is 166 cm³/mol. The number of aromatic nitrogens is 2. The molecule has 44 heavy (non-hydrogen) atoms. The number of carbonyl (C=O) groups excluding carboxylic acids is 1. The lowest BCUT2D eigenvalue weighted by Gasteiger charge is -2.28. The maximum absolute atomic E-state index is 13.3. The van der Waals surface area contributed by atoms with Crippen LogP contribution in [-0.4, -0.2) is 62.3 Å². The van der Waals surface area contributed by atoms with Crippen molar-refractivity contribution in [3.63, 3.8) is 0 Å². The Labute approximate surface area is 256 Å². The molecule has 1 unspecified atom stereocenters. The molecular weight excluding hydrogens is 558 g/mol. The number of nitrogens with one attached hydrogen (secondary N) is 1. The number of Topliss-reactive ketones (excluding diaryl/α,β-unsaturated/α-hetero) is 1. The highest BCUT2D eigenvalue weighted by Gasteiger charge is 2.31. The summed E-state index contributed by atoms with van der Waals surface area (Å²) in [4.78, 5) is 28.2. The molecule has 1 aliphatic carbocycles. The molecule has 6 rings (SSSR count). The molecule has 0 amide bonds. The Bertz CT molecular complexity index is 1750. The third kappa shape index (κ3) is 6.06. The van der Waals surface area contributed by atoms with Gasteiger partial charge in [-0.15, -0.1) is 0 Å². The topological polar surface area (TPSA) is 99.4 Å². The van der Waals surface area contributed by atoms with Crippen molar-refractivity contribution in [3.8, 4) is 34.3 Å². The fourth-order valence-corrected chi connectivity index (χ4v) is 5.61. The molecular formula is C34H33N5O5. The zero-order valence-electron chi connectivity index (χ0n) is 24.9. The van der Waals surface area contributed by atoms with Crippen LogP contribution < -0.4 is 24.4 Å². The lowest BCUT2D eigenvalue weighted by atomic mass is 9.99. The number of carbonyl (C=O) groups is 1. The van der Waals surface area contributed by atoms with E-state index < -0.39 is 0 Å². The number of fused-ring (bicyclic) bond motifs is 1. The van der Waals surface area contributed by atoms with Crippen molar-refractivity contribution >= 4 is 17.3 Å². The number of morpholine rings is 1. The van der Waals surface area contributed by atoms with Crippen molar-refractivity contribution in [2.75, 3.05) is 45.4 Å². The third-order valence-corrected chi connectivity index (χ3v) is 7.90. The van der Waals surface area contributed by atoms with Crippen LogP contribution in [0.3, 0.4) is 0 Å². The molecule has 1 atom stereocenters. The summed E-state index contributed by atoms with van der Waals surface area (Å²) in [6, 6.07) is 18.3. The summed E-state index contributed by atoms with van der Waals surface area (Å²) in [6.45, 7) is 12.6. The average Bonchev–Trinajstić information content (AvgIpc) is 3.37. The van der Waals surface area contributed by atoms with Gasteiger partial charge in [0, 0.05) is 48.5 Å². The number of rotatable bonds is 9. The minimum Gasteiger partial charge on any atom is -0.497 e. The van der Waals surface area contributed by atoms with Gasteiger partial charge >= 0.3 is 0 Å². The number of ether oxygens (including phenoxy) is 4. The summed E-state index contributed by atoms with van der Waals surface area (Å²) in [5.74, 6) is 3.75. The van der Waals surface area contributed by atoms with Gasteiger partial charge in [-0.1, -0.05) is 36.4 Å². The second kappa shape index (κ2) is 12.7. The minimum atomic E-state index is -0.352. The van der Waals surface area contributed by atoms with Crippen LogP contribution in [0.4, 0.5) is 11.5 Å². The first kappa shape index (κ1) is 29.1. The molecule has 1 aliphatic heterocycles. The highest BCUT2D eigenvalue weighted by molar-refractivity contribution is 6.05. The number of ketones is 1. The van der Waals surface area contributed by atoms with E-state index in [1.807, 2.05) is 55.5 Å². The van der Waals surface area contributed by atoms with Crippen LogP contribution in [0.15, 0.2) is 60.7 Å². The predicted octanol–water partition coefficient (Wildman–Crippen LogP) is 5.55. The minimum absolute atomic E-state index is 0.0611. The summed E-state index contributed by atoms with van der Waals surface area (Å²) in [7, 11) is 3.23.